The van der Waals surface area contributed by atoms with Crippen molar-refractivity contribution in [3.8, 4) is 28.2 Å². The number of benzene rings is 2. The van der Waals surface area contributed by atoms with Gasteiger partial charge >= 0.3 is 0 Å². The SMILES string of the molecule is COc1cc(-c2ccccc2)cc(-c2ccco2)c1. The van der Waals surface area contributed by atoms with Gasteiger partial charge in [0.25, 0.3) is 0 Å². The van der Waals surface area contributed by atoms with Crippen molar-refractivity contribution in [3.05, 3.63) is 66.9 Å². The van der Waals surface area contributed by atoms with Crippen molar-refractivity contribution in [2.75, 3.05) is 7.11 Å². The molecule has 0 aliphatic carbocycles. The molecule has 0 bridgehead atoms. The fourth-order valence-corrected chi connectivity index (χ4v) is 2.10. The molecule has 0 amide bonds. The van der Waals surface area contributed by atoms with Crippen LogP contribution in [-0.2, 0) is 0 Å². The summed E-state index contributed by atoms with van der Waals surface area (Å²) in [7, 11) is 1.68. The molecule has 0 radical (unpaired) electrons. The third-order valence-electron chi connectivity index (χ3n) is 3.06. The van der Waals surface area contributed by atoms with Crippen molar-refractivity contribution >= 4 is 0 Å². The van der Waals surface area contributed by atoms with Crippen LogP contribution in [0.1, 0.15) is 0 Å². The highest BCUT2D eigenvalue weighted by molar-refractivity contribution is 5.73. The van der Waals surface area contributed by atoms with E-state index in [0.29, 0.717) is 0 Å². The van der Waals surface area contributed by atoms with Gasteiger partial charge < -0.3 is 9.15 Å². The van der Waals surface area contributed by atoms with Crippen LogP contribution in [0.5, 0.6) is 5.75 Å². The molecule has 3 aromatic rings. The van der Waals surface area contributed by atoms with Gasteiger partial charge in [0.15, 0.2) is 0 Å². The molecule has 1 heterocycles. The number of hydrogen-bond acceptors (Lipinski definition) is 2. The van der Waals surface area contributed by atoms with E-state index in [1.807, 2.05) is 42.5 Å². The highest BCUT2D eigenvalue weighted by Crippen LogP contribution is 2.31. The van der Waals surface area contributed by atoms with Crippen LogP contribution < -0.4 is 4.74 Å². The summed E-state index contributed by atoms with van der Waals surface area (Å²) in [4.78, 5) is 0. The van der Waals surface area contributed by atoms with Crippen molar-refractivity contribution in [1.82, 2.24) is 0 Å². The number of methoxy groups -OCH3 is 1. The van der Waals surface area contributed by atoms with Gasteiger partial charge in [0, 0.05) is 5.56 Å². The number of hydrogen-bond donors (Lipinski definition) is 0. The van der Waals surface area contributed by atoms with Crippen LogP contribution in [0.4, 0.5) is 0 Å². The molecule has 2 nitrogen and oxygen atoms in total. The van der Waals surface area contributed by atoms with Gasteiger partial charge in [-0.05, 0) is 41.5 Å². The molecule has 0 spiro atoms. The Kier molecular flexibility index (Phi) is 3.07. The van der Waals surface area contributed by atoms with Gasteiger partial charge in [-0.3, -0.25) is 0 Å². The van der Waals surface area contributed by atoms with Crippen molar-refractivity contribution in [1.29, 1.82) is 0 Å². The second kappa shape index (κ2) is 5.02. The predicted molar refractivity (Wildman–Crippen MR) is 76.1 cm³/mol. The minimum absolute atomic E-state index is 0.827. The average molecular weight is 250 g/mol. The maximum atomic E-state index is 5.45. The van der Waals surface area contributed by atoms with E-state index in [4.69, 9.17) is 9.15 Å². The number of furan rings is 1. The fourth-order valence-electron chi connectivity index (χ4n) is 2.10. The van der Waals surface area contributed by atoms with E-state index in [-0.39, 0.29) is 0 Å². The fraction of sp³-hybridized carbons (Fsp3) is 0.0588. The van der Waals surface area contributed by atoms with Gasteiger partial charge in [-0.2, -0.15) is 0 Å². The molecule has 0 atom stereocenters. The first-order valence-electron chi connectivity index (χ1n) is 6.15. The van der Waals surface area contributed by atoms with Crippen LogP contribution >= 0.6 is 0 Å². The summed E-state index contributed by atoms with van der Waals surface area (Å²) in [6, 6.07) is 20.2. The molecule has 0 aliphatic rings. The lowest BCUT2D eigenvalue weighted by Gasteiger charge is -2.08. The van der Waals surface area contributed by atoms with E-state index in [1.165, 1.54) is 0 Å². The topological polar surface area (TPSA) is 22.4 Å². The van der Waals surface area contributed by atoms with Crippen molar-refractivity contribution in [2.24, 2.45) is 0 Å². The van der Waals surface area contributed by atoms with E-state index < -0.39 is 0 Å². The Morgan fingerprint density at radius 1 is 0.789 bits per heavy atom. The van der Waals surface area contributed by atoms with Gasteiger partial charge in [0.1, 0.15) is 11.5 Å². The lowest BCUT2D eigenvalue weighted by Crippen LogP contribution is -1.86. The molecular formula is C17H14O2. The Hall–Kier alpha value is -2.48. The molecule has 2 heteroatoms. The summed E-state index contributed by atoms with van der Waals surface area (Å²) < 4.78 is 10.8. The quantitative estimate of drug-likeness (QED) is 0.676. The Labute approximate surface area is 112 Å². The summed E-state index contributed by atoms with van der Waals surface area (Å²) in [6.45, 7) is 0. The predicted octanol–water partition coefficient (Wildman–Crippen LogP) is 4.62. The summed E-state index contributed by atoms with van der Waals surface area (Å²) in [5.74, 6) is 1.67. The molecule has 0 saturated heterocycles. The molecular weight excluding hydrogens is 236 g/mol. The van der Waals surface area contributed by atoms with Gasteiger partial charge in [0.2, 0.25) is 0 Å². The Morgan fingerprint density at radius 2 is 1.58 bits per heavy atom. The highest BCUT2D eigenvalue weighted by atomic mass is 16.5. The molecule has 0 fully saturated rings. The van der Waals surface area contributed by atoms with E-state index >= 15 is 0 Å². The molecule has 0 saturated carbocycles. The first-order valence-corrected chi connectivity index (χ1v) is 6.15. The van der Waals surface area contributed by atoms with E-state index in [0.717, 1.165) is 28.2 Å². The molecule has 0 unspecified atom stereocenters. The second-order valence-corrected chi connectivity index (χ2v) is 4.29. The number of rotatable bonds is 3. The van der Waals surface area contributed by atoms with Crippen LogP contribution in [0.3, 0.4) is 0 Å². The van der Waals surface area contributed by atoms with Crippen molar-refractivity contribution in [2.45, 2.75) is 0 Å². The average Bonchev–Trinajstić information content (AvgIpc) is 3.02. The van der Waals surface area contributed by atoms with Crippen LogP contribution in [0, 0.1) is 0 Å². The number of ether oxygens (including phenoxy) is 1. The normalized spacial score (nSPS) is 10.4. The lowest BCUT2D eigenvalue weighted by molar-refractivity contribution is 0.415. The maximum Gasteiger partial charge on any atom is 0.134 e. The summed E-state index contributed by atoms with van der Waals surface area (Å²) in [5.41, 5.74) is 3.30. The first kappa shape index (κ1) is 11.6. The minimum Gasteiger partial charge on any atom is -0.497 e. The summed E-state index contributed by atoms with van der Waals surface area (Å²) in [6.07, 6.45) is 1.68. The first-order chi connectivity index (χ1) is 9.36. The van der Waals surface area contributed by atoms with Crippen molar-refractivity contribution < 1.29 is 9.15 Å². The van der Waals surface area contributed by atoms with Gasteiger partial charge in [-0.25, -0.2) is 0 Å². The molecule has 94 valence electrons. The van der Waals surface area contributed by atoms with Crippen LogP contribution in [-0.4, -0.2) is 7.11 Å². The van der Waals surface area contributed by atoms with Crippen LogP contribution in [0.15, 0.2) is 71.3 Å². The second-order valence-electron chi connectivity index (χ2n) is 4.29. The molecule has 2 aromatic carbocycles. The Balaban J connectivity index is 2.13. The van der Waals surface area contributed by atoms with Crippen LogP contribution in [0.25, 0.3) is 22.5 Å². The van der Waals surface area contributed by atoms with E-state index in [1.54, 1.807) is 13.4 Å². The zero-order valence-electron chi connectivity index (χ0n) is 10.7. The largest absolute Gasteiger partial charge is 0.497 e. The monoisotopic (exact) mass is 250 g/mol. The van der Waals surface area contributed by atoms with E-state index in [2.05, 4.69) is 18.2 Å². The Bertz CT molecular complexity index is 655. The van der Waals surface area contributed by atoms with Crippen molar-refractivity contribution in [3.63, 3.8) is 0 Å². The summed E-state index contributed by atoms with van der Waals surface area (Å²) in [5, 5.41) is 0. The van der Waals surface area contributed by atoms with Crippen LogP contribution in [0.2, 0.25) is 0 Å². The highest BCUT2D eigenvalue weighted by Gasteiger charge is 2.07. The minimum atomic E-state index is 0.827. The van der Waals surface area contributed by atoms with E-state index in [9.17, 15) is 0 Å². The third-order valence-corrected chi connectivity index (χ3v) is 3.06. The molecule has 19 heavy (non-hydrogen) atoms. The maximum absolute atomic E-state index is 5.45. The molecule has 3 rings (SSSR count). The zero-order chi connectivity index (χ0) is 13.1. The third kappa shape index (κ3) is 2.38. The summed E-state index contributed by atoms with van der Waals surface area (Å²) >= 11 is 0. The smallest absolute Gasteiger partial charge is 0.134 e. The molecule has 1 aromatic heterocycles. The lowest BCUT2D eigenvalue weighted by atomic mass is 10.0. The molecule has 0 aliphatic heterocycles. The Morgan fingerprint density at radius 3 is 2.26 bits per heavy atom. The van der Waals surface area contributed by atoms with Gasteiger partial charge in [-0.1, -0.05) is 30.3 Å². The van der Waals surface area contributed by atoms with Gasteiger partial charge in [0.05, 0.1) is 13.4 Å². The molecule has 0 N–H and O–H groups in total. The zero-order valence-corrected chi connectivity index (χ0v) is 10.7. The van der Waals surface area contributed by atoms with Gasteiger partial charge in [-0.15, -0.1) is 0 Å². The standard InChI is InChI=1S/C17H14O2/c1-18-16-11-14(13-6-3-2-4-7-13)10-15(12-16)17-8-5-9-19-17/h2-12H,1H3.